The van der Waals surface area contributed by atoms with Gasteiger partial charge in [0.05, 0.1) is 24.9 Å². The Balaban J connectivity index is 2.87. The van der Waals surface area contributed by atoms with Crippen LogP contribution in [-0.4, -0.2) is 32.1 Å². The van der Waals surface area contributed by atoms with E-state index in [1.54, 1.807) is 12.1 Å². The lowest BCUT2D eigenvalue weighted by Gasteiger charge is -2.10. The van der Waals surface area contributed by atoms with E-state index in [0.29, 0.717) is 17.3 Å². The van der Waals surface area contributed by atoms with Gasteiger partial charge in [-0.05, 0) is 24.7 Å². The lowest BCUT2D eigenvalue weighted by Crippen LogP contribution is -2.28. The molecule has 0 heterocycles. The fourth-order valence-electron chi connectivity index (χ4n) is 1.34. The van der Waals surface area contributed by atoms with Gasteiger partial charge in [-0.15, -0.1) is 0 Å². The van der Waals surface area contributed by atoms with Crippen LogP contribution in [0.2, 0.25) is 5.02 Å². The number of ether oxygens (including phenoxy) is 1. The fourth-order valence-corrected chi connectivity index (χ4v) is 1.51. The molecule has 98 valence electrons. The molecule has 0 fully saturated rings. The number of carbonyl (C=O) groups excluding carboxylic acids is 2. The summed E-state index contributed by atoms with van der Waals surface area (Å²) in [6.45, 7) is 2.77. The van der Waals surface area contributed by atoms with Gasteiger partial charge in [0.1, 0.15) is 0 Å². The van der Waals surface area contributed by atoms with Crippen molar-refractivity contribution in [3.05, 3.63) is 28.8 Å². The minimum absolute atomic E-state index is 0.180. The van der Waals surface area contributed by atoms with Gasteiger partial charge in [0.15, 0.2) is 0 Å². The molecule has 0 aromatic heterocycles. The second kappa shape index (κ2) is 6.98. The van der Waals surface area contributed by atoms with Gasteiger partial charge in [0.2, 0.25) is 5.91 Å². The monoisotopic (exact) mass is 270 g/mol. The number of likely N-dealkylation sites (N-methyl/N-ethyl adjacent to an activating group) is 1. The molecule has 6 heteroatoms. The summed E-state index contributed by atoms with van der Waals surface area (Å²) < 4.78 is 4.63. The van der Waals surface area contributed by atoms with Crippen LogP contribution in [0.25, 0.3) is 0 Å². The van der Waals surface area contributed by atoms with Gasteiger partial charge in [-0.2, -0.15) is 0 Å². The van der Waals surface area contributed by atoms with Crippen LogP contribution < -0.4 is 10.6 Å². The van der Waals surface area contributed by atoms with Crippen molar-refractivity contribution in [1.29, 1.82) is 0 Å². The molecule has 1 rings (SSSR count). The van der Waals surface area contributed by atoms with Crippen LogP contribution in [0, 0.1) is 0 Å². The molecule has 0 radical (unpaired) electrons. The smallest absolute Gasteiger partial charge is 0.340 e. The molecule has 5 nitrogen and oxygen atoms in total. The van der Waals surface area contributed by atoms with Gasteiger partial charge >= 0.3 is 5.97 Å². The van der Waals surface area contributed by atoms with E-state index in [0.717, 1.165) is 0 Å². The number of hydrogen-bond acceptors (Lipinski definition) is 4. The highest BCUT2D eigenvalue weighted by molar-refractivity contribution is 6.31. The van der Waals surface area contributed by atoms with Crippen molar-refractivity contribution >= 4 is 29.2 Å². The molecule has 18 heavy (non-hydrogen) atoms. The zero-order valence-corrected chi connectivity index (χ0v) is 11.0. The van der Waals surface area contributed by atoms with Crippen LogP contribution >= 0.6 is 11.6 Å². The van der Waals surface area contributed by atoms with Crippen molar-refractivity contribution in [3.8, 4) is 0 Å². The van der Waals surface area contributed by atoms with Crippen molar-refractivity contribution in [1.82, 2.24) is 5.32 Å². The topological polar surface area (TPSA) is 67.4 Å². The van der Waals surface area contributed by atoms with E-state index in [2.05, 4.69) is 15.4 Å². The van der Waals surface area contributed by atoms with Gasteiger partial charge in [0.25, 0.3) is 0 Å². The minimum atomic E-state index is -0.545. The summed E-state index contributed by atoms with van der Waals surface area (Å²) in [6.07, 6.45) is 0. The molecule has 0 aliphatic rings. The summed E-state index contributed by atoms with van der Waals surface area (Å²) in [4.78, 5) is 23.1. The van der Waals surface area contributed by atoms with E-state index < -0.39 is 5.97 Å². The highest BCUT2D eigenvalue weighted by Crippen LogP contribution is 2.21. The Morgan fingerprint density at radius 1 is 1.39 bits per heavy atom. The molecule has 0 unspecified atom stereocenters. The molecular formula is C12H15ClN2O3. The first-order valence-electron chi connectivity index (χ1n) is 5.47. The molecule has 0 spiro atoms. The molecule has 1 amide bonds. The Kier molecular flexibility index (Phi) is 5.61. The SMILES string of the molecule is CCNCC(=O)Nc1ccc(Cl)cc1C(=O)OC. The molecule has 1 aromatic carbocycles. The molecule has 0 saturated heterocycles. The molecule has 2 N–H and O–H groups in total. The van der Waals surface area contributed by atoms with Gasteiger partial charge in [-0.1, -0.05) is 18.5 Å². The summed E-state index contributed by atoms with van der Waals surface area (Å²) in [5.74, 6) is -0.777. The average Bonchev–Trinajstić information content (AvgIpc) is 2.37. The van der Waals surface area contributed by atoms with Gasteiger partial charge in [0, 0.05) is 5.02 Å². The van der Waals surface area contributed by atoms with Crippen molar-refractivity contribution < 1.29 is 14.3 Å². The lowest BCUT2D eigenvalue weighted by atomic mass is 10.2. The van der Waals surface area contributed by atoms with Gasteiger partial charge in [-0.25, -0.2) is 4.79 Å². The van der Waals surface area contributed by atoms with E-state index >= 15 is 0 Å². The predicted molar refractivity (Wildman–Crippen MR) is 70.0 cm³/mol. The fraction of sp³-hybridized carbons (Fsp3) is 0.333. The second-order valence-corrected chi connectivity index (χ2v) is 3.95. The molecule has 0 saturated carbocycles. The maximum absolute atomic E-state index is 11.6. The third kappa shape index (κ3) is 4.01. The molecule has 0 aliphatic carbocycles. The van der Waals surface area contributed by atoms with E-state index in [-0.39, 0.29) is 18.0 Å². The quantitative estimate of drug-likeness (QED) is 0.799. The van der Waals surface area contributed by atoms with Crippen LogP contribution in [0.15, 0.2) is 18.2 Å². The third-order valence-electron chi connectivity index (χ3n) is 2.20. The maximum atomic E-state index is 11.6. The first-order valence-corrected chi connectivity index (χ1v) is 5.84. The predicted octanol–water partition coefficient (Wildman–Crippen LogP) is 1.67. The van der Waals surface area contributed by atoms with Crippen LogP contribution in [-0.2, 0) is 9.53 Å². The van der Waals surface area contributed by atoms with Crippen molar-refractivity contribution in [2.75, 3.05) is 25.5 Å². The van der Waals surface area contributed by atoms with E-state index in [1.807, 2.05) is 6.92 Å². The largest absolute Gasteiger partial charge is 0.465 e. The number of esters is 1. The molecule has 0 bridgehead atoms. The van der Waals surface area contributed by atoms with E-state index in [9.17, 15) is 9.59 Å². The van der Waals surface area contributed by atoms with Crippen LogP contribution in [0.4, 0.5) is 5.69 Å². The number of halogens is 1. The number of rotatable bonds is 5. The van der Waals surface area contributed by atoms with Crippen molar-refractivity contribution in [3.63, 3.8) is 0 Å². The van der Waals surface area contributed by atoms with Gasteiger partial charge < -0.3 is 15.4 Å². The van der Waals surface area contributed by atoms with E-state index in [4.69, 9.17) is 11.6 Å². The number of hydrogen-bond donors (Lipinski definition) is 2. The Hall–Kier alpha value is -1.59. The Bertz CT molecular complexity index is 449. The number of amides is 1. The molecule has 0 atom stereocenters. The first-order chi connectivity index (χ1) is 8.58. The first kappa shape index (κ1) is 14.5. The van der Waals surface area contributed by atoms with E-state index in [1.165, 1.54) is 13.2 Å². The summed E-state index contributed by atoms with van der Waals surface area (Å²) in [7, 11) is 1.27. The zero-order chi connectivity index (χ0) is 13.5. The highest BCUT2D eigenvalue weighted by Gasteiger charge is 2.14. The standard InChI is InChI=1S/C12H15ClN2O3/c1-3-14-7-11(16)15-10-5-4-8(13)6-9(10)12(17)18-2/h4-6,14H,3,7H2,1-2H3,(H,15,16). The second-order valence-electron chi connectivity index (χ2n) is 3.51. The van der Waals surface area contributed by atoms with Crippen LogP contribution in [0.5, 0.6) is 0 Å². The molecule has 0 aliphatic heterocycles. The maximum Gasteiger partial charge on any atom is 0.340 e. The summed E-state index contributed by atoms with van der Waals surface area (Å²) in [5, 5.41) is 5.92. The Morgan fingerprint density at radius 3 is 2.72 bits per heavy atom. The molecular weight excluding hydrogens is 256 g/mol. The summed E-state index contributed by atoms with van der Waals surface area (Å²) in [5.41, 5.74) is 0.615. The number of benzene rings is 1. The number of carbonyl (C=O) groups is 2. The normalized spacial score (nSPS) is 9.94. The molecule has 1 aromatic rings. The Labute approximate surface area is 110 Å². The Morgan fingerprint density at radius 2 is 2.11 bits per heavy atom. The van der Waals surface area contributed by atoms with Crippen molar-refractivity contribution in [2.45, 2.75) is 6.92 Å². The summed E-state index contributed by atoms with van der Waals surface area (Å²) in [6, 6.07) is 4.62. The zero-order valence-electron chi connectivity index (χ0n) is 10.2. The number of anilines is 1. The van der Waals surface area contributed by atoms with Crippen LogP contribution in [0.3, 0.4) is 0 Å². The lowest BCUT2D eigenvalue weighted by molar-refractivity contribution is -0.115. The summed E-state index contributed by atoms with van der Waals surface area (Å²) >= 11 is 5.81. The third-order valence-corrected chi connectivity index (χ3v) is 2.43. The average molecular weight is 271 g/mol. The number of methoxy groups -OCH3 is 1. The van der Waals surface area contributed by atoms with Crippen molar-refractivity contribution in [2.24, 2.45) is 0 Å². The number of nitrogens with one attached hydrogen (secondary N) is 2. The minimum Gasteiger partial charge on any atom is -0.465 e. The van der Waals surface area contributed by atoms with Gasteiger partial charge in [-0.3, -0.25) is 4.79 Å². The highest BCUT2D eigenvalue weighted by atomic mass is 35.5. The van der Waals surface area contributed by atoms with Crippen LogP contribution in [0.1, 0.15) is 17.3 Å².